The zero-order chi connectivity index (χ0) is 21.0. The number of carbonyl (C=O) groups excluding carboxylic acids is 1. The SMILES string of the molecule is CCCCCCC(C/C=C\CCCCCCCC(=O)OCCCC)n1ccnc1. The molecule has 0 spiro atoms. The molecule has 0 aliphatic heterocycles. The third-order valence-electron chi connectivity index (χ3n) is 5.42. The van der Waals surface area contributed by atoms with E-state index in [1.165, 1.54) is 51.4 Å². The maximum atomic E-state index is 11.5. The molecule has 0 saturated carbocycles. The molecule has 0 aliphatic rings. The van der Waals surface area contributed by atoms with E-state index in [-0.39, 0.29) is 5.97 Å². The summed E-state index contributed by atoms with van der Waals surface area (Å²) < 4.78 is 7.45. The highest BCUT2D eigenvalue weighted by molar-refractivity contribution is 5.69. The van der Waals surface area contributed by atoms with E-state index in [0.29, 0.717) is 19.1 Å². The van der Waals surface area contributed by atoms with Gasteiger partial charge in [-0.25, -0.2) is 4.98 Å². The zero-order valence-corrected chi connectivity index (χ0v) is 19.0. The summed E-state index contributed by atoms with van der Waals surface area (Å²) in [6, 6.07) is 0.544. The van der Waals surface area contributed by atoms with Crippen LogP contribution in [0.15, 0.2) is 30.9 Å². The van der Waals surface area contributed by atoms with Gasteiger partial charge in [0.15, 0.2) is 0 Å². The molecule has 1 aromatic rings. The van der Waals surface area contributed by atoms with Gasteiger partial charge in [-0.3, -0.25) is 4.79 Å². The van der Waals surface area contributed by atoms with Gasteiger partial charge in [0.25, 0.3) is 0 Å². The van der Waals surface area contributed by atoms with Crippen molar-refractivity contribution in [2.24, 2.45) is 0 Å². The molecule has 0 amide bonds. The maximum absolute atomic E-state index is 11.5. The first-order valence-electron chi connectivity index (χ1n) is 12.1. The van der Waals surface area contributed by atoms with Gasteiger partial charge in [0.1, 0.15) is 0 Å². The van der Waals surface area contributed by atoms with Crippen LogP contribution in [0.25, 0.3) is 0 Å². The molecule has 1 unspecified atom stereocenters. The Morgan fingerprint density at radius 1 is 0.966 bits per heavy atom. The van der Waals surface area contributed by atoms with Crippen molar-refractivity contribution >= 4 is 5.97 Å². The van der Waals surface area contributed by atoms with Crippen molar-refractivity contribution in [1.82, 2.24) is 9.55 Å². The van der Waals surface area contributed by atoms with E-state index in [2.05, 4.69) is 41.7 Å². The van der Waals surface area contributed by atoms with E-state index in [0.717, 1.165) is 38.5 Å². The van der Waals surface area contributed by atoms with Gasteiger partial charge in [0.2, 0.25) is 0 Å². The van der Waals surface area contributed by atoms with Crippen LogP contribution in [0, 0.1) is 0 Å². The predicted molar refractivity (Wildman–Crippen MR) is 122 cm³/mol. The fraction of sp³-hybridized carbons (Fsp3) is 0.760. The molecule has 0 fully saturated rings. The molecule has 166 valence electrons. The van der Waals surface area contributed by atoms with Gasteiger partial charge >= 0.3 is 5.97 Å². The Hall–Kier alpha value is -1.58. The van der Waals surface area contributed by atoms with E-state index < -0.39 is 0 Å². The molecule has 0 bridgehead atoms. The summed E-state index contributed by atoms with van der Waals surface area (Å²) in [5.41, 5.74) is 0. The van der Waals surface area contributed by atoms with Crippen LogP contribution >= 0.6 is 0 Å². The van der Waals surface area contributed by atoms with Gasteiger partial charge in [-0.05, 0) is 38.5 Å². The van der Waals surface area contributed by atoms with Crippen LogP contribution in [0.3, 0.4) is 0 Å². The number of carbonyl (C=O) groups is 1. The predicted octanol–water partition coefficient (Wildman–Crippen LogP) is 7.41. The van der Waals surface area contributed by atoms with Crippen LogP contribution in [-0.4, -0.2) is 22.1 Å². The van der Waals surface area contributed by atoms with Crippen molar-refractivity contribution in [1.29, 1.82) is 0 Å². The number of hydrogen-bond donors (Lipinski definition) is 0. The van der Waals surface area contributed by atoms with E-state index in [4.69, 9.17) is 4.74 Å². The molecule has 0 radical (unpaired) electrons. The summed E-state index contributed by atoms with van der Waals surface area (Å²) in [6.07, 6.45) is 27.8. The number of esters is 1. The normalized spacial score (nSPS) is 12.5. The lowest BCUT2D eigenvalue weighted by atomic mass is 10.0. The number of allylic oxidation sites excluding steroid dienone is 2. The fourth-order valence-electron chi connectivity index (χ4n) is 3.52. The van der Waals surface area contributed by atoms with Crippen molar-refractivity contribution in [2.75, 3.05) is 6.61 Å². The van der Waals surface area contributed by atoms with Crippen LogP contribution in [0.5, 0.6) is 0 Å². The van der Waals surface area contributed by atoms with E-state index >= 15 is 0 Å². The van der Waals surface area contributed by atoms with E-state index in [1.807, 2.05) is 12.5 Å². The topological polar surface area (TPSA) is 44.1 Å². The molecule has 1 rings (SSSR count). The number of ether oxygens (including phenoxy) is 1. The number of aromatic nitrogens is 2. The Morgan fingerprint density at radius 3 is 2.48 bits per heavy atom. The van der Waals surface area contributed by atoms with Crippen LogP contribution in [0.1, 0.15) is 116 Å². The van der Waals surface area contributed by atoms with Gasteiger partial charge in [-0.2, -0.15) is 0 Å². The number of unbranched alkanes of at least 4 members (excludes halogenated alkanes) is 9. The number of nitrogens with zero attached hydrogens (tertiary/aromatic N) is 2. The first-order valence-corrected chi connectivity index (χ1v) is 12.1. The van der Waals surface area contributed by atoms with Crippen LogP contribution < -0.4 is 0 Å². The van der Waals surface area contributed by atoms with Crippen molar-refractivity contribution in [3.05, 3.63) is 30.9 Å². The molecule has 29 heavy (non-hydrogen) atoms. The average Bonchev–Trinajstić information content (AvgIpc) is 3.25. The Kier molecular flexibility index (Phi) is 16.2. The molecule has 0 N–H and O–H groups in total. The highest BCUT2D eigenvalue weighted by Crippen LogP contribution is 2.21. The van der Waals surface area contributed by atoms with Gasteiger partial charge < -0.3 is 9.30 Å². The monoisotopic (exact) mass is 404 g/mol. The lowest BCUT2D eigenvalue weighted by Gasteiger charge is -2.16. The fourth-order valence-corrected chi connectivity index (χ4v) is 3.52. The van der Waals surface area contributed by atoms with Crippen molar-refractivity contribution in [2.45, 2.75) is 116 Å². The second-order valence-corrected chi connectivity index (χ2v) is 8.10. The van der Waals surface area contributed by atoms with Crippen LogP contribution in [0.2, 0.25) is 0 Å². The van der Waals surface area contributed by atoms with Gasteiger partial charge in [-0.1, -0.05) is 77.4 Å². The Balaban J connectivity index is 2.05. The minimum absolute atomic E-state index is 0.0245. The second kappa shape index (κ2) is 18.4. The lowest BCUT2D eigenvalue weighted by Crippen LogP contribution is -2.06. The summed E-state index contributed by atoms with van der Waals surface area (Å²) in [5.74, 6) is -0.0245. The minimum atomic E-state index is -0.0245. The summed E-state index contributed by atoms with van der Waals surface area (Å²) >= 11 is 0. The quantitative estimate of drug-likeness (QED) is 0.137. The Bertz CT molecular complexity index is 511. The molecule has 4 nitrogen and oxygen atoms in total. The van der Waals surface area contributed by atoms with Crippen LogP contribution in [-0.2, 0) is 9.53 Å². The smallest absolute Gasteiger partial charge is 0.305 e. The molecule has 1 atom stereocenters. The van der Waals surface area contributed by atoms with E-state index in [1.54, 1.807) is 0 Å². The zero-order valence-electron chi connectivity index (χ0n) is 19.0. The van der Waals surface area contributed by atoms with Crippen LogP contribution in [0.4, 0.5) is 0 Å². The number of imidazole rings is 1. The summed E-state index contributed by atoms with van der Waals surface area (Å²) in [6.45, 7) is 4.95. The third-order valence-corrected chi connectivity index (χ3v) is 5.42. The van der Waals surface area contributed by atoms with Crippen molar-refractivity contribution in [3.8, 4) is 0 Å². The molecule has 1 aromatic heterocycles. The second-order valence-electron chi connectivity index (χ2n) is 8.10. The number of rotatable bonds is 19. The van der Waals surface area contributed by atoms with Gasteiger partial charge in [-0.15, -0.1) is 0 Å². The summed E-state index contributed by atoms with van der Waals surface area (Å²) in [4.78, 5) is 15.7. The number of hydrogen-bond acceptors (Lipinski definition) is 3. The lowest BCUT2D eigenvalue weighted by molar-refractivity contribution is -0.143. The molecule has 1 heterocycles. The molecule has 0 aliphatic carbocycles. The largest absolute Gasteiger partial charge is 0.466 e. The molecular formula is C25H44N2O2. The first-order chi connectivity index (χ1) is 14.3. The Morgan fingerprint density at radius 2 is 1.72 bits per heavy atom. The van der Waals surface area contributed by atoms with Crippen molar-refractivity contribution in [3.63, 3.8) is 0 Å². The maximum Gasteiger partial charge on any atom is 0.305 e. The molecule has 0 aromatic carbocycles. The standard InChI is InChI=1S/C25H44N2O2/c1-3-5-7-14-17-24(27-21-20-26-23-27)18-15-12-10-8-9-11-13-16-19-25(28)29-22-6-4-2/h12,15,20-21,23-24H,3-11,13-14,16-19,22H2,1-2H3/b15-12-. The van der Waals surface area contributed by atoms with Crippen molar-refractivity contribution < 1.29 is 9.53 Å². The van der Waals surface area contributed by atoms with Gasteiger partial charge in [0.05, 0.1) is 12.9 Å². The minimum Gasteiger partial charge on any atom is -0.466 e. The molecular weight excluding hydrogens is 360 g/mol. The molecule has 4 heteroatoms. The van der Waals surface area contributed by atoms with Gasteiger partial charge in [0, 0.05) is 24.9 Å². The summed E-state index contributed by atoms with van der Waals surface area (Å²) in [7, 11) is 0. The molecule has 0 saturated heterocycles. The highest BCUT2D eigenvalue weighted by atomic mass is 16.5. The average molecular weight is 405 g/mol. The Labute approximate surface area is 179 Å². The highest BCUT2D eigenvalue weighted by Gasteiger charge is 2.08. The third kappa shape index (κ3) is 14.1. The first kappa shape index (κ1) is 25.5. The van der Waals surface area contributed by atoms with E-state index in [9.17, 15) is 4.79 Å². The summed E-state index contributed by atoms with van der Waals surface area (Å²) in [5, 5.41) is 0.